The van der Waals surface area contributed by atoms with Crippen molar-refractivity contribution in [3.8, 4) is 0 Å². The Hall–Kier alpha value is -1.76. The Labute approximate surface area is 139 Å². The quantitative estimate of drug-likeness (QED) is 0.879. The van der Waals surface area contributed by atoms with Gasteiger partial charge in [0.25, 0.3) is 0 Å². The molecule has 0 bridgehead atoms. The zero-order valence-electron chi connectivity index (χ0n) is 13.8. The lowest BCUT2D eigenvalue weighted by molar-refractivity contribution is -0.137. The van der Waals surface area contributed by atoms with Crippen LogP contribution in [-0.4, -0.2) is 35.7 Å². The Kier molecular flexibility index (Phi) is 5.74. The van der Waals surface area contributed by atoms with E-state index in [0.717, 1.165) is 18.6 Å². The highest BCUT2D eigenvalue weighted by molar-refractivity contribution is 5.75. The fourth-order valence-electron chi connectivity index (χ4n) is 2.90. The molecule has 1 aromatic carbocycles. The van der Waals surface area contributed by atoms with Crippen molar-refractivity contribution in [3.05, 3.63) is 35.4 Å². The van der Waals surface area contributed by atoms with Crippen molar-refractivity contribution in [1.29, 1.82) is 0 Å². The van der Waals surface area contributed by atoms with Crippen molar-refractivity contribution in [2.75, 3.05) is 19.7 Å². The second-order valence-corrected chi connectivity index (χ2v) is 6.57. The van der Waals surface area contributed by atoms with E-state index in [1.54, 1.807) is 4.90 Å². The summed E-state index contributed by atoms with van der Waals surface area (Å²) in [5.74, 6) is 0.126. The van der Waals surface area contributed by atoms with Gasteiger partial charge in [0.1, 0.15) is 0 Å². The molecule has 0 aliphatic carbocycles. The van der Waals surface area contributed by atoms with Gasteiger partial charge in [-0.25, -0.2) is 4.79 Å². The van der Waals surface area contributed by atoms with Gasteiger partial charge >= 0.3 is 12.2 Å². The van der Waals surface area contributed by atoms with Crippen molar-refractivity contribution in [2.24, 2.45) is 11.8 Å². The number of likely N-dealkylation sites (tertiary alicyclic amines) is 1. The van der Waals surface area contributed by atoms with Crippen LogP contribution in [0.1, 0.15) is 37.4 Å². The van der Waals surface area contributed by atoms with E-state index in [1.165, 1.54) is 12.1 Å². The first kappa shape index (κ1) is 18.6. The zero-order valence-corrected chi connectivity index (χ0v) is 13.8. The Morgan fingerprint density at radius 1 is 1.33 bits per heavy atom. The molecule has 2 amide bonds. The van der Waals surface area contributed by atoms with Crippen molar-refractivity contribution in [2.45, 2.75) is 32.5 Å². The number of hydrogen-bond acceptors (Lipinski definition) is 2. The SMILES string of the molecule is CC(C)[C@H](NC(=O)N1CC[C@@H](CO)C1)c1ccc(C(F)(F)F)cc1. The van der Waals surface area contributed by atoms with Gasteiger partial charge in [-0.05, 0) is 30.0 Å². The molecular formula is C17H23F3N2O2. The Morgan fingerprint density at radius 2 is 1.96 bits per heavy atom. The standard InChI is InChI=1S/C17H23F3N2O2/c1-11(2)15(13-3-5-14(6-4-13)17(18,19)20)21-16(24)22-8-7-12(9-22)10-23/h3-6,11-12,15,23H,7-10H2,1-2H3,(H,21,24)/t12-,15+/m1/s1. The summed E-state index contributed by atoms with van der Waals surface area (Å²) in [6.07, 6.45) is -3.61. The maximum Gasteiger partial charge on any atom is 0.416 e. The lowest BCUT2D eigenvalue weighted by Crippen LogP contribution is -2.42. The molecule has 1 aromatic rings. The van der Waals surface area contributed by atoms with Crippen LogP contribution in [0.4, 0.5) is 18.0 Å². The van der Waals surface area contributed by atoms with E-state index in [4.69, 9.17) is 5.11 Å². The van der Waals surface area contributed by atoms with E-state index >= 15 is 0 Å². The molecule has 1 heterocycles. The minimum absolute atomic E-state index is 0.0296. The van der Waals surface area contributed by atoms with Gasteiger partial charge in [-0.2, -0.15) is 13.2 Å². The molecule has 1 aliphatic heterocycles. The van der Waals surface area contributed by atoms with Crippen LogP contribution in [0.5, 0.6) is 0 Å². The number of halogens is 3. The van der Waals surface area contributed by atoms with Crippen molar-refractivity contribution in [1.82, 2.24) is 10.2 Å². The number of alkyl halides is 3. The molecule has 0 aromatic heterocycles. The molecule has 2 N–H and O–H groups in total. The first-order chi connectivity index (χ1) is 11.2. The molecule has 134 valence electrons. The molecule has 24 heavy (non-hydrogen) atoms. The van der Waals surface area contributed by atoms with E-state index < -0.39 is 11.7 Å². The van der Waals surface area contributed by atoms with E-state index in [-0.39, 0.29) is 30.5 Å². The largest absolute Gasteiger partial charge is 0.416 e. The van der Waals surface area contributed by atoms with Gasteiger partial charge < -0.3 is 15.3 Å². The third-order valence-corrected chi connectivity index (χ3v) is 4.37. The van der Waals surface area contributed by atoms with Crippen LogP contribution in [0.3, 0.4) is 0 Å². The predicted octanol–water partition coefficient (Wildman–Crippen LogP) is 3.43. The molecule has 7 heteroatoms. The monoisotopic (exact) mass is 344 g/mol. The maximum atomic E-state index is 12.7. The molecule has 1 saturated heterocycles. The average Bonchev–Trinajstić information content (AvgIpc) is 3.00. The topological polar surface area (TPSA) is 52.6 Å². The summed E-state index contributed by atoms with van der Waals surface area (Å²) in [7, 11) is 0. The Bertz CT molecular complexity index is 558. The fourth-order valence-corrected chi connectivity index (χ4v) is 2.90. The van der Waals surface area contributed by atoms with E-state index in [1.807, 2.05) is 13.8 Å². The van der Waals surface area contributed by atoms with Gasteiger partial charge in [-0.15, -0.1) is 0 Å². The van der Waals surface area contributed by atoms with Crippen molar-refractivity contribution in [3.63, 3.8) is 0 Å². The Balaban J connectivity index is 2.08. The molecular weight excluding hydrogens is 321 g/mol. The number of amides is 2. The van der Waals surface area contributed by atoms with Crippen LogP contribution >= 0.6 is 0 Å². The smallest absolute Gasteiger partial charge is 0.396 e. The number of nitrogens with one attached hydrogen (secondary N) is 1. The molecule has 0 unspecified atom stereocenters. The molecule has 2 rings (SSSR count). The third-order valence-electron chi connectivity index (χ3n) is 4.37. The summed E-state index contributed by atoms with van der Waals surface area (Å²) in [5, 5.41) is 12.1. The number of nitrogens with zero attached hydrogens (tertiary/aromatic N) is 1. The van der Waals surface area contributed by atoms with Crippen LogP contribution in [0.2, 0.25) is 0 Å². The first-order valence-electron chi connectivity index (χ1n) is 8.05. The summed E-state index contributed by atoms with van der Waals surface area (Å²) in [5.41, 5.74) is -0.0605. The van der Waals surface area contributed by atoms with Crippen LogP contribution in [0, 0.1) is 11.8 Å². The van der Waals surface area contributed by atoms with E-state index in [0.29, 0.717) is 18.7 Å². The number of aliphatic hydroxyl groups is 1. The van der Waals surface area contributed by atoms with Crippen LogP contribution in [-0.2, 0) is 6.18 Å². The highest BCUT2D eigenvalue weighted by Crippen LogP contribution is 2.31. The number of rotatable bonds is 4. The number of benzene rings is 1. The van der Waals surface area contributed by atoms with E-state index in [9.17, 15) is 18.0 Å². The number of urea groups is 1. The lowest BCUT2D eigenvalue weighted by atomic mass is 9.95. The summed E-state index contributed by atoms with van der Waals surface area (Å²) in [4.78, 5) is 14.0. The van der Waals surface area contributed by atoms with Crippen LogP contribution in [0.15, 0.2) is 24.3 Å². The summed E-state index contributed by atoms with van der Waals surface area (Å²) >= 11 is 0. The number of aliphatic hydroxyl groups excluding tert-OH is 1. The summed E-state index contributed by atoms with van der Waals surface area (Å²) in [6, 6.07) is 4.28. The maximum absolute atomic E-state index is 12.7. The van der Waals surface area contributed by atoms with Gasteiger partial charge in [-0.1, -0.05) is 26.0 Å². The van der Waals surface area contributed by atoms with Crippen molar-refractivity contribution >= 4 is 6.03 Å². The first-order valence-corrected chi connectivity index (χ1v) is 8.05. The van der Waals surface area contributed by atoms with Crippen LogP contribution in [0.25, 0.3) is 0 Å². The fraction of sp³-hybridized carbons (Fsp3) is 0.588. The molecule has 1 aliphatic rings. The molecule has 4 nitrogen and oxygen atoms in total. The highest BCUT2D eigenvalue weighted by Gasteiger charge is 2.31. The second-order valence-electron chi connectivity index (χ2n) is 6.57. The minimum atomic E-state index is -4.37. The van der Waals surface area contributed by atoms with E-state index in [2.05, 4.69) is 5.32 Å². The second kappa shape index (κ2) is 7.42. The molecule has 0 saturated carbocycles. The molecule has 0 radical (unpaired) electrons. The molecule has 2 atom stereocenters. The van der Waals surface area contributed by atoms with Gasteiger partial charge in [0.2, 0.25) is 0 Å². The number of carbonyl (C=O) groups excluding carboxylic acids is 1. The minimum Gasteiger partial charge on any atom is -0.396 e. The molecule has 0 spiro atoms. The average molecular weight is 344 g/mol. The third kappa shape index (κ3) is 4.41. The van der Waals surface area contributed by atoms with Gasteiger partial charge in [-0.3, -0.25) is 0 Å². The van der Waals surface area contributed by atoms with Gasteiger partial charge in [0, 0.05) is 25.6 Å². The van der Waals surface area contributed by atoms with Gasteiger partial charge in [0.05, 0.1) is 11.6 Å². The lowest BCUT2D eigenvalue weighted by Gasteiger charge is -2.26. The zero-order chi connectivity index (χ0) is 17.9. The Morgan fingerprint density at radius 3 is 2.42 bits per heavy atom. The van der Waals surface area contributed by atoms with Gasteiger partial charge in [0.15, 0.2) is 0 Å². The molecule has 1 fully saturated rings. The van der Waals surface area contributed by atoms with Crippen molar-refractivity contribution < 1.29 is 23.1 Å². The normalized spacial score (nSPS) is 19.6. The van der Waals surface area contributed by atoms with Crippen LogP contribution < -0.4 is 5.32 Å². The number of carbonyl (C=O) groups is 1. The number of hydrogen-bond donors (Lipinski definition) is 2. The summed E-state index contributed by atoms with van der Waals surface area (Å²) in [6.45, 7) is 4.94. The highest BCUT2D eigenvalue weighted by atomic mass is 19.4. The predicted molar refractivity (Wildman–Crippen MR) is 84.3 cm³/mol. The summed E-state index contributed by atoms with van der Waals surface area (Å²) < 4.78 is 38.0.